The number of hydrogen-bond acceptors (Lipinski definition) is 4. The van der Waals surface area contributed by atoms with Gasteiger partial charge in [0.25, 0.3) is 5.91 Å². The van der Waals surface area contributed by atoms with Crippen LogP contribution >= 0.6 is 11.3 Å². The minimum absolute atomic E-state index is 0.0115. The number of aromatic nitrogens is 1. The molecular formula is C23H19N3OS. The number of hydrogen-bond donors (Lipinski definition) is 2. The molecule has 2 aliphatic rings. The van der Waals surface area contributed by atoms with Gasteiger partial charge in [-0.25, -0.2) is 0 Å². The van der Waals surface area contributed by atoms with Gasteiger partial charge >= 0.3 is 0 Å². The van der Waals surface area contributed by atoms with Crippen LogP contribution in [0.3, 0.4) is 0 Å². The number of anilines is 2. The molecular weight excluding hydrogens is 366 g/mol. The van der Waals surface area contributed by atoms with Crippen molar-refractivity contribution in [1.82, 2.24) is 10.3 Å². The van der Waals surface area contributed by atoms with Crippen LogP contribution in [0, 0.1) is 0 Å². The summed E-state index contributed by atoms with van der Waals surface area (Å²) in [5.41, 5.74) is 6.32. The molecule has 2 N–H and O–H groups in total. The maximum atomic E-state index is 12.2. The molecule has 1 aliphatic carbocycles. The first kappa shape index (κ1) is 16.1. The molecule has 1 saturated carbocycles. The predicted octanol–water partition coefficient (Wildman–Crippen LogP) is 5.36. The largest absolute Gasteiger partial charge is 0.355 e. The molecule has 1 aliphatic heterocycles. The molecule has 5 heteroatoms. The van der Waals surface area contributed by atoms with E-state index in [-0.39, 0.29) is 5.91 Å². The Labute approximate surface area is 166 Å². The second-order valence-electron chi connectivity index (χ2n) is 7.69. The van der Waals surface area contributed by atoms with E-state index in [4.69, 9.17) is 0 Å². The van der Waals surface area contributed by atoms with Crippen molar-refractivity contribution in [2.24, 2.45) is 0 Å². The van der Waals surface area contributed by atoms with Gasteiger partial charge in [0.2, 0.25) is 0 Å². The highest BCUT2D eigenvalue weighted by Gasteiger charge is 2.26. The van der Waals surface area contributed by atoms with E-state index in [1.54, 1.807) is 0 Å². The molecule has 4 nitrogen and oxygen atoms in total. The van der Waals surface area contributed by atoms with Gasteiger partial charge in [0.05, 0.1) is 5.52 Å². The number of benzene rings is 2. The van der Waals surface area contributed by atoms with Crippen LogP contribution in [0.1, 0.15) is 40.2 Å². The SMILES string of the molecule is O=C1NCCc2ccc(Nc3ccnc4cc5c(C6CC6)csc5cc34)cc21. The molecule has 28 heavy (non-hydrogen) atoms. The Hall–Kier alpha value is -2.92. The lowest BCUT2D eigenvalue weighted by molar-refractivity contribution is 0.0946. The molecule has 4 aromatic rings. The van der Waals surface area contributed by atoms with E-state index in [1.165, 1.54) is 28.5 Å². The monoisotopic (exact) mass is 385 g/mol. The number of carbonyl (C=O) groups excluding carboxylic acids is 1. The van der Waals surface area contributed by atoms with E-state index in [1.807, 2.05) is 29.7 Å². The Kier molecular flexibility index (Phi) is 3.47. The normalized spacial score (nSPS) is 16.2. The molecule has 0 atom stereocenters. The number of pyridine rings is 1. The zero-order valence-electron chi connectivity index (χ0n) is 15.3. The van der Waals surface area contributed by atoms with E-state index >= 15 is 0 Å². The highest BCUT2D eigenvalue weighted by atomic mass is 32.1. The van der Waals surface area contributed by atoms with Gasteiger partial charge in [0.15, 0.2) is 0 Å². The first-order chi connectivity index (χ1) is 13.8. The maximum Gasteiger partial charge on any atom is 0.251 e. The molecule has 3 heterocycles. The molecule has 138 valence electrons. The lowest BCUT2D eigenvalue weighted by Crippen LogP contribution is -2.31. The number of thiophene rings is 1. The van der Waals surface area contributed by atoms with Crippen molar-refractivity contribution in [3.8, 4) is 0 Å². The summed E-state index contributed by atoms with van der Waals surface area (Å²) >= 11 is 1.82. The van der Waals surface area contributed by atoms with Crippen LogP contribution in [0.15, 0.2) is 48.0 Å². The number of fused-ring (bicyclic) bond motifs is 3. The summed E-state index contributed by atoms with van der Waals surface area (Å²) in [6.07, 6.45) is 5.36. The van der Waals surface area contributed by atoms with E-state index in [0.717, 1.165) is 45.7 Å². The average Bonchev–Trinajstić information content (AvgIpc) is 3.47. The Morgan fingerprint density at radius 3 is 2.93 bits per heavy atom. The van der Waals surface area contributed by atoms with Crippen molar-refractivity contribution in [2.75, 3.05) is 11.9 Å². The smallest absolute Gasteiger partial charge is 0.251 e. The molecule has 0 saturated heterocycles. The highest BCUT2D eigenvalue weighted by Crippen LogP contribution is 2.46. The number of nitrogens with zero attached hydrogens (tertiary/aromatic N) is 1. The van der Waals surface area contributed by atoms with Gasteiger partial charge < -0.3 is 10.6 Å². The van der Waals surface area contributed by atoms with Crippen molar-refractivity contribution in [1.29, 1.82) is 0 Å². The first-order valence-electron chi connectivity index (χ1n) is 9.74. The summed E-state index contributed by atoms with van der Waals surface area (Å²) < 4.78 is 1.32. The summed E-state index contributed by atoms with van der Waals surface area (Å²) in [4.78, 5) is 16.8. The molecule has 1 amide bonds. The Morgan fingerprint density at radius 1 is 1.11 bits per heavy atom. The Morgan fingerprint density at radius 2 is 2.04 bits per heavy atom. The number of carbonyl (C=O) groups is 1. The zero-order valence-corrected chi connectivity index (χ0v) is 16.1. The van der Waals surface area contributed by atoms with Gasteiger partial charge in [-0.3, -0.25) is 9.78 Å². The topological polar surface area (TPSA) is 54.0 Å². The van der Waals surface area contributed by atoms with Crippen molar-refractivity contribution >= 4 is 49.6 Å². The minimum Gasteiger partial charge on any atom is -0.355 e. The quantitative estimate of drug-likeness (QED) is 0.499. The van der Waals surface area contributed by atoms with Crippen LogP contribution in [0.4, 0.5) is 11.4 Å². The van der Waals surface area contributed by atoms with Crippen LogP contribution in [0.25, 0.3) is 21.0 Å². The maximum absolute atomic E-state index is 12.2. The summed E-state index contributed by atoms with van der Waals surface area (Å²) in [5, 5.41) is 11.2. The van der Waals surface area contributed by atoms with Crippen molar-refractivity contribution in [3.63, 3.8) is 0 Å². The summed E-state index contributed by atoms with van der Waals surface area (Å²) in [5.74, 6) is 0.756. The van der Waals surface area contributed by atoms with Gasteiger partial charge in [-0.15, -0.1) is 11.3 Å². The second kappa shape index (κ2) is 6.04. The molecule has 0 radical (unpaired) electrons. The molecule has 2 aromatic carbocycles. The molecule has 0 spiro atoms. The summed E-state index contributed by atoms with van der Waals surface area (Å²) in [6, 6.07) is 12.5. The van der Waals surface area contributed by atoms with E-state index < -0.39 is 0 Å². The Balaban J connectivity index is 1.43. The van der Waals surface area contributed by atoms with Gasteiger partial charge in [-0.2, -0.15) is 0 Å². The van der Waals surface area contributed by atoms with Gasteiger partial charge in [0.1, 0.15) is 0 Å². The average molecular weight is 385 g/mol. The van der Waals surface area contributed by atoms with Crippen LogP contribution in [-0.4, -0.2) is 17.4 Å². The minimum atomic E-state index is 0.0115. The lowest BCUT2D eigenvalue weighted by Gasteiger charge is -2.18. The molecule has 6 rings (SSSR count). The van der Waals surface area contributed by atoms with Crippen molar-refractivity contribution in [2.45, 2.75) is 25.2 Å². The van der Waals surface area contributed by atoms with E-state index in [0.29, 0.717) is 6.54 Å². The van der Waals surface area contributed by atoms with Gasteiger partial charge in [-0.1, -0.05) is 6.07 Å². The standard InChI is InChI=1S/C23H19N3OS/c27-23-16-9-15(4-3-14(16)5-7-25-23)26-20-6-8-24-21-10-17-19(13-1-2-13)12-28-22(17)11-18(20)21/h3-4,6,8-13H,1-2,5,7H2,(H,24,26)(H,25,27). The van der Waals surface area contributed by atoms with Crippen LogP contribution in [0.2, 0.25) is 0 Å². The fourth-order valence-corrected chi connectivity index (χ4v) is 5.21. The van der Waals surface area contributed by atoms with Crippen LogP contribution < -0.4 is 10.6 Å². The van der Waals surface area contributed by atoms with Gasteiger partial charge in [0, 0.05) is 39.8 Å². The molecule has 1 fully saturated rings. The fraction of sp³-hybridized carbons (Fsp3) is 0.217. The van der Waals surface area contributed by atoms with E-state index in [9.17, 15) is 4.79 Å². The number of amides is 1. The second-order valence-corrected chi connectivity index (χ2v) is 8.60. The van der Waals surface area contributed by atoms with Crippen LogP contribution in [0.5, 0.6) is 0 Å². The molecule has 0 unspecified atom stereocenters. The van der Waals surface area contributed by atoms with Gasteiger partial charge in [-0.05, 0) is 77.4 Å². The van der Waals surface area contributed by atoms with Crippen molar-refractivity contribution < 1.29 is 4.79 Å². The number of rotatable bonds is 3. The highest BCUT2D eigenvalue weighted by molar-refractivity contribution is 7.17. The molecule has 0 bridgehead atoms. The summed E-state index contributed by atoms with van der Waals surface area (Å²) in [7, 11) is 0. The van der Waals surface area contributed by atoms with Crippen molar-refractivity contribution in [3.05, 3.63) is 64.7 Å². The number of nitrogens with one attached hydrogen (secondary N) is 2. The third-order valence-corrected chi connectivity index (χ3v) is 6.76. The summed E-state index contributed by atoms with van der Waals surface area (Å²) in [6.45, 7) is 0.716. The molecule has 2 aromatic heterocycles. The van der Waals surface area contributed by atoms with E-state index in [2.05, 4.69) is 45.3 Å². The van der Waals surface area contributed by atoms with Crippen LogP contribution in [-0.2, 0) is 6.42 Å². The fourth-order valence-electron chi connectivity index (χ4n) is 4.15. The third-order valence-electron chi connectivity index (χ3n) is 5.80. The zero-order chi connectivity index (χ0) is 18.7. The lowest BCUT2D eigenvalue weighted by atomic mass is 9.99. The third kappa shape index (κ3) is 2.58. The first-order valence-corrected chi connectivity index (χ1v) is 10.6. The Bertz CT molecular complexity index is 1260. The predicted molar refractivity (Wildman–Crippen MR) is 115 cm³/mol.